The Morgan fingerprint density at radius 2 is 1.83 bits per heavy atom. The molecule has 0 saturated carbocycles. The van der Waals surface area contributed by atoms with Crippen LogP contribution in [-0.4, -0.2) is 43.2 Å². The molecule has 7 nitrogen and oxygen atoms in total. The van der Waals surface area contributed by atoms with E-state index in [2.05, 4.69) is 10.6 Å². The molecular formula is C21H24ClN3O4S. The van der Waals surface area contributed by atoms with Crippen LogP contribution in [0.5, 0.6) is 0 Å². The predicted octanol–water partition coefficient (Wildman–Crippen LogP) is 3.27. The zero-order chi connectivity index (χ0) is 21.9. The number of rotatable bonds is 6. The second-order valence-electron chi connectivity index (χ2n) is 7.40. The molecule has 2 amide bonds. The summed E-state index contributed by atoms with van der Waals surface area (Å²) in [6, 6.07) is 11.7. The van der Waals surface area contributed by atoms with E-state index in [1.165, 1.54) is 28.6 Å². The quantitative estimate of drug-likeness (QED) is 0.707. The van der Waals surface area contributed by atoms with Gasteiger partial charge < -0.3 is 10.6 Å². The molecule has 0 aliphatic carbocycles. The topological polar surface area (TPSA) is 95.6 Å². The van der Waals surface area contributed by atoms with Crippen molar-refractivity contribution in [3.8, 4) is 0 Å². The van der Waals surface area contributed by atoms with Gasteiger partial charge in [-0.05, 0) is 57.0 Å². The average Bonchev–Trinajstić information content (AvgIpc) is 3.20. The lowest BCUT2D eigenvalue weighted by molar-refractivity contribution is -0.119. The minimum absolute atomic E-state index is 0.0403. The largest absolute Gasteiger partial charge is 0.350 e. The van der Waals surface area contributed by atoms with E-state index in [1.807, 2.05) is 13.8 Å². The van der Waals surface area contributed by atoms with E-state index in [4.69, 9.17) is 11.6 Å². The summed E-state index contributed by atoms with van der Waals surface area (Å²) in [4.78, 5) is 25.3. The molecule has 0 spiro atoms. The first kappa shape index (κ1) is 22.3. The maximum atomic E-state index is 13.0. The fraction of sp³-hybridized carbons (Fsp3) is 0.333. The third-order valence-electron chi connectivity index (χ3n) is 4.76. The van der Waals surface area contributed by atoms with Gasteiger partial charge in [0, 0.05) is 18.2 Å². The minimum Gasteiger partial charge on any atom is -0.350 e. The number of carbonyl (C=O) groups is 2. The lowest BCUT2D eigenvalue weighted by Gasteiger charge is -2.23. The van der Waals surface area contributed by atoms with E-state index in [1.54, 1.807) is 24.3 Å². The van der Waals surface area contributed by atoms with Crippen molar-refractivity contribution in [3.63, 3.8) is 0 Å². The Bertz CT molecular complexity index is 1040. The number of carbonyl (C=O) groups excluding carboxylic acids is 2. The smallest absolute Gasteiger partial charge is 0.251 e. The highest BCUT2D eigenvalue weighted by Crippen LogP contribution is 2.29. The SMILES string of the molecule is CC(C)NC(=O)c1ccc(Cl)c(NC(=O)C2CCCN2S(=O)(=O)c2ccccc2)c1. The monoisotopic (exact) mass is 449 g/mol. The van der Waals surface area contributed by atoms with Gasteiger partial charge in [-0.2, -0.15) is 4.31 Å². The first-order chi connectivity index (χ1) is 14.2. The molecular weight excluding hydrogens is 426 g/mol. The van der Waals surface area contributed by atoms with Gasteiger partial charge in [-0.1, -0.05) is 29.8 Å². The van der Waals surface area contributed by atoms with Crippen LogP contribution in [0.3, 0.4) is 0 Å². The first-order valence-corrected chi connectivity index (χ1v) is 11.5. The van der Waals surface area contributed by atoms with Crippen molar-refractivity contribution < 1.29 is 18.0 Å². The second kappa shape index (κ2) is 9.16. The molecule has 0 bridgehead atoms. The number of anilines is 1. The van der Waals surface area contributed by atoms with Gasteiger partial charge in [0.2, 0.25) is 15.9 Å². The molecule has 1 unspecified atom stereocenters. The van der Waals surface area contributed by atoms with Crippen molar-refractivity contribution >= 4 is 39.1 Å². The van der Waals surface area contributed by atoms with Crippen molar-refractivity contribution in [1.29, 1.82) is 0 Å². The third-order valence-corrected chi connectivity index (χ3v) is 7.01. The van der Waals surface area contributed by atoms with Gasteiger partial charge in [0.15, 0.2) is 0 Å². The fourth-order valence-electron chi connectivity index (χ4n) is 3.34. The molecule has 160 valence electrons. The first-order valence-electron chi connectivity index (χ1n) is 9.68. The lowest BCUT2D eigenvalue weighted by atomic mass is 10.1. The maximum absolute atomic E-state index is 13.0. The van der Waals surface area contributed by atoms with Crippen molar-refractivity contribution in [3.05, 3.63) is 59.1 Å². The van der Waals surface area contributed by atoms with Gasteiger partial charge in [-0.15, -0.1) is 0 Å². The standard InChI is InChI=1S/C21H24ClN3O4S/c1-14(2)23-20(26)15-10-11-17(22)18(13-15)24-21(27)19-9-6-12-25(19)30(28,29)16-7-4-3-5-8-16/h3-5,7-8,10-11,13-14,19H,6,9,12H2,1-2H3,(H,23,26)(H,24,27). The van der Waals surface area contributed by atoms with Crippen LogP contribution in [0.1, 0.15) is 37.0 Å². The summed E-state index contributed by atoms with van der Waals surface area (Å²) in [5, 5.41) is 5.74. The van der Waals surface area contributed by atoms with E-state index in [-0.39, 0.29) is 34.1 Å². The van der Waals surface area contributed by atoms with E-state index in [0.29, 0.717) is 18.4 Å². The minimum atomic E-state index is -3.79. The van der Waals surface area contributed by atoms with Crippen LogP contribution in [0.15, 0.2) is 53.4 Å². The van der Waals surface area contributed by atoms with Gasteiger partial charge >= 0.3 is 0 Å². The Kier molecular flexibility index (Phi) is 6.80. The maximum Gasteiger partial charge on any atom is 0.251 e. The highest BCUT2D eigenvalue weighted by atomic mass is 35.5. The second-order valence-corrected chi connectivity index (χ2v) is 9.70. The van der Waals surface area contributed by atoms with Crippen molar-refractivity contribution in [2.45, 2.75) is 43.7 Å². The average molecular weight is 450 g/mol. The number of hydrogen-bond donors (Lipinski definition) is 2. The summed E-state index contributed by atoms with van der Waals surface area (Å²) in [7, 11) is -3.79. The molecule has 9 heteroatoms. The Labute approximate surface area is 181 Å². The van der Waals surface area contributed by atoms with Gasteiger partial charge in [0.1, 0.15) is 6.04 Å². The number of amides is 2. The molecule has 1 saturated heterocycles. The van der Waals surface area contributed by atoms with Gasteiger partial charge in [0.05, 0.1) is 15.6 Å². The van der Waals surface area contributed by atoms with Crippen LogP contribution in [0.4, 0.5) is 5.69 Å². The molecule has 1 fully saturated rings. The van der Waals surface area contributed by atoms with Crippen LogP contribution in [0.2, 0.25) is 5.02 Å². The fourth-order valence-corrected chi connectivity index (χ4v) is 5.18. The Balaban J connectivity index is 1.81. The molecule has 1 aliphatic heterocycles. The van der Waals surface area contributed by atoms with Crippen LogP contribution in [0.25, 0.3) is 0 Å². The highest BCUT2D eigenvalue weighted by Gasteiger charge is 2.39. The van der Waals surface area contributed by atoms with E-state index in [0.717, 1.165) is 0 Å². The number of nitrogens with zero attached hydrogens (tertiary/aromatic N) is 1. The molecule has 0 radical (unpaired) electrons. The summed E-state index contributed by atoms with van der Waals surface area (Å²) in [6.45, 7) is 3.95. The van der Waals surface area contributed by atoms with Crippen LogP contribution < -0.4 is 10.6 Å². The molecule has 1 aliphatic rings. The molecule has 1 atom stereocenters. The molecule has 2 N–H and O–H groups in total. The molecule has 3 rings (SSSR count). The third kappa shape index (κ3) is 4.83. The number of hydrogen-bond acceptors (Lipinski definition) is 4. The molecule has 30 heavy (non-hydrogen) atoms. The Morgan fingerprint density at radius 3 is 2.50 bits per heavy atom. The van der Waals surface area contributed by atoms with Crippen molar-refractivity contribution in [1.82, 2.24) is 9.62 Å². The Morgan fingerprint density at radius 1 is 1.13 bits per heavy atom. The number of benzene rings is 2. The summed E-state index contributed by atoms with van der Waals surface area (Å²) in [6.07, 6.45) is 0.984. The molecule has 0 aromatic heterocycles. The van der Waals surface area contributed by atoms with Gasteiger partial charge in [-0.25, -0.2) is 8.42 Å². The lowest BCUT2D eigenvalue weighted by Crippen LogP contribution is -2.43. The number of sulfonamides is 1. The summed E-state index contributed by atoms with van der Waals surface area (Å²) in [5.74, 6) is -0.762. The van der Waals surface area contributed by atoms with Crippen LogP contribution in [-0.2, 0) is 14.8 Å². The van der Waals surface area contributed by atoms with E-state index >= 15 is 0 Å². The van der Waals surface area contributed by atoms with Gasteiger partial charge in [0.25, 0.3) is 5.91 Å². The molecule has 1 heterocycles. The van der Waals surface area contributed by atoms with Crippen molar-refractivity contribution in [2.75, 3.05) is 11.9 Å². The number of nitrogens with one attached hydrogen (secondary N) is 2. The summed E-state index contributed by atoms with van der Waals surface area (Å²) >= 11 is 6.20. The van der Waals surface area contributed by atoms with Crippen LogP contribution in [0, 0.1) is 0 Å². The normalized spacial score (nSPS) is 17.1. The highest BCUT2D eigenvalue weighted by molar-refractivity contribution is 7.89. The predicted molar refractivity (Wildman–Crippen MR) is 116 cm³/mol. The zero-order valence-electron chi connectivity index (χ0n) is 16.8. The van der Waals surface area contributed by atoms with Gasteiger partial charge in [-0.3, -0.25) is 9.59 Å². The van der Waals surface area contributed by atoms with Crippen molar-refractivity contribution in [2.24, 2.45) is 0 Å². The Hall–Kier alpha value is -2.42. The zero-order valence-corrected chi connectivity index (χ0v) is 18.3. The van der Waals surface area contributed by atoms with E-state index < -0.39 is 22.0 Å². The summed E-state index contributed by atoms with van der Waals surface area (Å²) < 4.78 is 27.2. The number of halogens is 1. The molecule has 2 aromatic carbocycles. The molecule has 2 aromatic rings. The summed E-state index contributed by atoms with van der Waals surface area (Å²) in [5.41, 5.74) is 0.616. The van der Waals surface area contributed by atoms with E-state index in [9.17, 15) is 18.0 Å². The van der Waals surface area contributed by atoms with Crippen LogP contribution >= 0.6 is 11.6 Å².